The Balaban J connectivity index is 0.000000278. The number of carboxylic acids is 1. The lowest BCUT2D eigenvalue weighted by Gasteiger charge is -2.17. The van der Waals surface area contributed by atoms with Crippen LogP contribution in [0.15, 0.2) is 84.9 Å². The van der Waals surface area contributed by atoms with Gasteiger partial charge in [0.1, 0.15) is 13.2 Å². The van der Waals surface area contributed by atoms with E-state index in [9.17, 15) is 24.3 Å². The minimum atomic E-state index is -1.30. The number of carboxylic acid groups (broad SMARTS) is 1. The molecule has 0 aliphatic heterocycles. The number of nitrogens with one attached hydrogen (secondary N) is 2. The predicted octanol–water partition coefficient (Wildman–Crippen LogP) is 9.30. The Morgan fingerprint density at radius 3 is 1.46 bits per heavy atom. The first kappa shape index (κ1) is 39.0. The maximum absolute atomic E-state index is 12.6. The number of amides is 2. The predicted molar refractivity (Wildman–Crippen MR) is 198 cm³/mol. The van der Waals surface area contributed by atoms with Crippen molar-refractivity contribution in [2.24, 2.45) is 0 Å². The smallest absolute Gasteiger partial charge is 0.411 e. The minimum Gasteiger partial charge on any atom is -0.478 e. The zero-order valence-electron chi connectivity index (χ0n) is 29.7. The fraction of sp³-hybridized carbons (Fsp3) is 0.282. The third-order valence-electron chi connectivity index (χ3n) is 7.36. The molecule has 50 heavy (non-hydrogen) atoms. The number of benzene rings is 4. The SMILES string of the molecule is Cc1cc(C)c(C(=O)O)c(NC(=O)OCc2ccccc2)c1.Cc1cc(C)c(C(=O)OCC[Si](C)(C)C)c(NC(=O)OCc2ccccc2)c1. The Morgan fingerprint density at radius 1 is 0.620 bits per heavy atom. The molecule has 10 nitrogen and oxygen atoms in total. The first-order valence-electron chi connectivity index (χ1n) is 16.2. The Kier molecular flexibility index (Phi) is 14.3. The molecule has 0 saturated heterocycles. The summed E-state index contributed by atoms with van der Waals surface area (Å²) in [5, 5.41) is 14.5. The molecule has 0 bridgehead atoms. The first-order valence-corrected chi connectivity index (χ1v) is 19.9. The maximum atomic E-state index is 12.6. The van der Waals surface area contributed by atoms with Gasteiger partial charge in [-0.05, 0) is 79.3 Å². The number of carbonyl (C=O) groups excluding carboxylic acids is 3. The van der Waals surface area contributed by atoms with E-state index in [0.29, 0.717) is 23.4 Å². The number of esters is 1. The van der Waals surface area contributed by atoms with Crippen molar-refractivity contribution in [1.29, 1.82) is 0 Å². The average molecular weight is 699 g/mol. The summed E-state index contributed by atoms with van der Waals surface area (Å²) in [6.07, 6.45) is -1.29. The average Bonchev–Trinajstić information content (AvgIpc) is 3.02. The van der Waals surface area contributed by atoms with Gasteiger partial charge < -0.3 is 19.3 Å². The molecule has 0 aromatic heterocycles. The van der Waals surface area contributed by atoms with Gasteiger partial charge in [0.05, 0.1) is 29.1 Å². The molecule has 4 rings (SSSR count). The number of aromatic carboxylic acids is 1. The lowest BCUT2D eigenvalue weighted by atomic mass is 10.0. The van der Waals surface area contributed by atoms with Gasteiger partial charge in [0.2, 0.25) is 0 Å². The summed E-state index contributed by atoms with van der Waals surface area (Å²) in [6.45, 7) is 14.6. The molecule has 0 radical (unpaired) electrons. The van der Waals surface area contributed by atoms with Gasteiger partial charge in [0.15, 0.2) is 0 Å². The molecule has 0 saturated carbocycles. The summed E-state index contributed by atoms with van der Waals surface area (Å²) in [7, 11) is -1.30. The van der Waals surface area contributed by atoms with Crippen LogP contribution in [0.2, 0.25) is 25.7 Å². The van der Waals surface area contributed by atoms with E-state index < -0.39 is 32.2 Å². The van der Waals surface area contributed by atoms with Crippen LogP contribution in [0, 0.1) is 27.7 Å². The first-order chi connectivity index (χ1) is 23.6. The maximum Gasteiger partial charge on any atom is 0.411 e. The van der Waals surface area contributed by atoms with Crippen LogP contribution in [0.25, 0.3) is 0 Å². The van der Waals surface area contributed by atoms with E-state index in [-0.39, 0.29) is 24.5 Å². The van der Waals surface area contributed by atoms with Gasteiger partial charge >= 0.3 is 24.1 Å². The molecule has 0 heterocycles. The summed E-state index contributed by atoms with van der Waals surface area (Å²) < 4.78 is 15.9. The van der Waals surface area contributed by atoms with Crippen molar-refractivity contribution in [3.05, 3.63) is 129 Å². The second-order valence-corrected chi connectivity index (χ2v) is 18.8. The molecule has 0 atom stereocenters. The molecule has 2 amide bonds. The van der Waals surface area contributed by atoms with Crippen LogP contribution in [-0.2, 0) is 27.4 Å². The Morgan fingerprint density at radius 2 is 1.04 bits per heavy atom. The summed E-state index contributed by atoms with van der Waals surface area (Å²) in [5.41, 5.74) is 6.00. The van der Waals surface area contributed by atoms with Crippen molar-refractivity contribution in [2.45, 2.75) is 66.6 Å². The molecule has 3 N–H and O–H groups in total. The highest BCUT2D eigenvalue weighted by Crippen LogP contribution is 2.25. The fourth-order valence-corrected chi connectivity index (χ4v) is 5.66. The number of hydrogen-bond acceptors (Lipinski definition) is 7. The minimum absolute atomic E-state index is 0.0715. The molecule has 0 unspecified atom stereocenters. The second-order valence-electron chi connectivity index (χ2n) is 13.1. The standard InChI is InChI=1S/C22H29NO4Si.C17H17NO4/c1-16-13-17(2)20(21(24)26-11-12-28(3,4)5)19(14-16)23-22(25)27-15-18-9-7-6-8-10-18;1-11-8-12(2)15(16(19)20)14(9-11)18-17(21)22-10-13-6-4-3-5-7-13/h6-10,13-14H,11-12,15H2,1-5H3,(H,23,25);3-9H,10H2,1-2H3,(H,18,21)(H,19,20). The Bertz CT molecular complexity index is 1790. The zero-order valence-corrected chi connectivity index (χ0v) is 30.7. The number of rotatable bonds is 11. The van der Waals surface area contributed by atoms with Gasteiger partial charge in [-0.1, -0.05) is 92.4 Å². The summed E-state index contributed by atoms with van der Waals surface area (Å²) in [4.78, 5) is 48.1. The van der Waals surface area contributed by atoms with Gasteiger partial charge in [-0.25, -0.2) is 19.2 Å². The lowest BCUT2D eigenvalue weighted by Crippen LogP contribution is -2.23. The molecule has 0 fully saturated rings. The Labute approximate surface area is 294 Å². The zero-order chi connectivity index (χ0) is 36.8. The molecular formula is C39H46N2O8Si. The van der Waals surface area contributed by atoms with E-state index in [0.717, 1.165) is 33.9 Å². The fourth-order valence-electron chi connectivity index (χ4n) is 4.95. The van der Waals surface area contributed by atoms with Gasteiger partial charge in [-0.3, -0.25) is 10.6 Å². The van der Waals surface area contributed by atoms with Crippen LogP contribution in [-0.4, -0.2) is 43.9 Å². The van der Waals surface area contributed by atoms with Gasteiger partial charge in [0.25, 0.3) is 0 Å². The number of anilines is 2. The molecule has 0 spiro atoms. The molecule has 0 aliphatic rings. The van der Waals surface area contributed by atoms with Crippen molar-refractivity contribution < 1.29 is 38.5 Å². The largest absolute Gasteiger partial charge is 0.478 e. The third-order valence-corrected chi connectivity index (χ3v) is 9.07. The monoisotopic (exact) mass is 698 g/mol. The second kappa shape index (κ2) is 18.4. The number of hydrogen-bond donors (Lipinski definition) is 3. The molecule has 4 aromatic carbocycles. The van der Waals surface area contributed by atoms with Crippen molar-refractivity contribution in [2.75, 3.05) is 17.2 Å². The number of ether oxygens (including phenoxy) is 3. The quantitative estimate of drug-likeness (QED) is 0.0800. The van der Waals surface area contributed by atoms with Crippen molar-refractivity contribution in [3.63, 3.8) is 0 Å². The van der Waals surface area contributed by atoms with Crippen LogP contribution in [0.4, 0.5) is 21.0 Å². The van der Waals surface area contributed by atoms with Crippen LogP contribution in [0.1, 0.15) is 54.1 Å². The molecule has 11 heteroatoms. The van der Waals surface area contributed by atoms with E-state index in [1.807, 2.05) is 87.5 Å². The highest BCUT2D eigenvalue weighted by Gasteiger charge is 2.21. The molecule has 4 aromatic rings. The molecular weight excluding hydrogens is 653 g/mol. The van der Waals surface area contributed by atoms with Crippen LogP contribution < -0.4 is 10.6 Å². The van der Waals surface area contributed by atoms with Crippen molar-refractivity contribution in [1.82, 2.24) is 0 Å². The van der Waals surface area contributed by atoms with Crippen molar-refractivity contribution >= 4 is 43.6 Å². The van der Waals surface area contributed by atoms with Gasteiger partial charge in [-0.2, -0.15) is 0 Å². The van der Waals surface area contributed by atoms with E-state index in [1.165, 1.54) is 0 Å². The Hall–Kier alpha value is -5.42. The normalized spacial score (nSPS) is 10.6. The summed E-state index contributed by atoms with van der Waals surface area (Å²) >= 11 is 0. The molecule has 0 aliphatic carbocycles. The lowest BCUT2D eigenvalue weighted by molar-refractivity contribution is 0.0525. The highest BCUT2D eigenvalue weighted by atomic mass is 28.3. The van der Waals surface area contributed by atoms with Crippen LogP contribution in [0.5, 0.6) is 0 Å². The van der Waals surface area contributed by atoms with E-state index in [1.54, 1.807) is 25.1 Å². The number of aryl methyl sites for hydroxylation is 4. The third kappa shape index (κ3) is 12.9. The van der Waals surface area contributed by atoms with E-state index in [2.05, 4.69) is 30.3 Å². The summed E-state index contributed by atoms with van der Waals surface area (Å²) in [5.74, 6) is -1.51. The van der Waals surface area contributed by atoms with E-state index >= 15 is 0 Å². The van der Waals surface area contributed by atoms with Gasteiger partial charge in [0, 0.05) is 8.07 Å². The highest BCUT2D eigenvalue weighted by molar-refractivity contribution is 6.76. The van der Waals surface area contributed by atoms with E-state index in [4.69, 9.17) is 14.2 Å². The summed E-state index contributed by atoms with van der Waals surface area (Å²) in [6, 6.07) is 26.6. The van der Waals surface area contributed by atoms with Crippen molar-refractivity contribution in [3.8, 4) is 0 Å². The van der Waals surface area contributed by atoms with Crippen LogP contribution >= 0.6 is 0 Å². The molecule has 264 valence electrons. The number of carbonyl (C=O) groups is 4. The van der Waals surface area contributed by atoms with Crippen LogP contribution in [0.3, 0.4) is 0 Å². The topological polar surface area (TPSA) is 140 Å². The van der Waals surface area contributed by atoms with Gasteiger partial charge in [-0.15, -0.1) is 0 Å².